The van der Waals surface area contributed by atoms with Gasteiger partial charge in [-0.25, -0.2) is 4.79 Å². The topological polar surface area (TPSA) is 90.5 Å². The minimum absolute atomic E-state index is 0.0264. The normalized spacial score (nSPS) is 17.1. The Morgan fingerprint density at radius 2 is 1.71 bits per heavy atom. The van der Waals surface area contributed by atoms with Crippen molar-refractivity contribution in [1.82, 2.24) is 20.9 Å². The molecule has 0 aromatic rings. The first kappa shape index (κ1) is 17.4. The third-order valence-corrected chi connectivity index (χ3v) is 3.31. The second-order valence-corrected chi connectivity index (χ2v) is 6.42. The summed E-state index contributed by atoms with van der Waals surface area (Å²) in [5.74, 6) is -0.239. The number of piperidine rings is 1. The summed E-state index contributed by atoms with van der Waals surface area (Å²) < 4.78 is 0. The molecule has 7 nitrogen and oxygen atoms in total. The molecule has 0 aliphatic carbocycles. The number of nitrogens with one attached hydrogen (secondary N) is 3. The van der Waals surface area contributed by atoms with Gasteiger partial charge in [0.25, 0.3) is 0 Å². The number of hydrogen-bond acceptors (Lipinski definition) is 4. The first-order valence-electron chi connectivity index (χ1n) is 7.27. The van der Waals surface area contributed by atoms with E-state index in [1.807, 2.05) is 25.7 Å². The fourth-order valence-corrected chi connectivity index (χ4v) is 2.30. The average molecular weight is 298 g/mol. The highest BCUT2D eigenvalue weighted by Crippen LogP contribution is 2.16. The lowest BCUT2D eigenvalue weighted by molar-refractivity contribution is -0.126. The molecule has 0 atom stereocenters. The second kappa shape index (κ2) is 7.40. The van der Waals surface area contributed by atoms with E-state index >= 15 is 0 Å². The van der Waals surface area contributed by atoms with Crippen molar-refractivity contribution in [3.8, 4) is 0 Å². The molecule has 7 heteroatoms. The van der Waals surface area contributed by atoms with E-state index in [1.165, 1.54) is 0 Å². The Bertz CT molecular complexity index is 396. The van der Waals surface area contributed by atoms with Crippen LogP contribution in [0.15, 0.2) is 0 Å². The van der Waals surface area contributed by atoms with Gasteiger partial charge in [0.05, 0.1) is 6.54 Å². The third-order valence-electron chi connectivity index (χ3n) is 3.31. The Hall–Kier alpha value is -1.63. The molecule has 1 heterocycles. The molecular formula is C14H26N4O3. The highest BCUT2D eigenvalue weighted by atomic mass is 16.2. The van der Waals surface area contributed by atoms with E-state index in [9.17, 15) is 14.4 Å². The molecule has 120 valence electrons. The fraction of sp³-hybridized carbons (Fsp3) is 0.786. The standard InChI is InChI=1S/C14H26N4O3/c1-14(2,3)17-13(21)16-11(19)9-18-7-5-10(6-8-18)12(20)15-4/h10H,5-9H2,1-4H3,(H,15,20)(H2,16,17,19,21). The summed E-state index contributed by atoms with van der Waals surface area (Å²) in [5, 5.41) is 7.64. The van der Waals surface area contributed by atoms with E-state index in [1.54, 1.807) is 7.05 Å². The smallest absolute Gasteiger partial charge is 0.321 e. The van der Waals surface area contributed by atoms with Crippen LogP contribution < -0.4 is 16.0 Å². The molecule has 1 aliphatic heterocycles. The van der Waals surface area contributed by atoms with E-state index < -0.39 is 6.03 Å². The number of carbonyl (C=O) groups is 3. The second-order valence-electron chi connectivity index (χ2n) is 6.42. The summed E-state index contributed by atoms with van der Waals surface area (Å²) in [6.07, 6.45) is 1.47. The highest BCUT2D eigenvalue weighted by molar-refractivity contribution is 5.95. The lowest BCUT2D eigenvalue weighted by Crippen LogP contribution is -2.51. The highest BCUT2D eigenvalue weighted by Gasteiger charge is 2.25. The molecule has 0 aromatic carbocycles. The summed E-state index contributed by atoms with van der Waals surface area (Å²) in [5.41, 5.74) is -0.379. The molecule has 4 amide bonds. The van der Waals surface area contributed by atoms with Gasteiger partial charge in [0, 0.05) is 18.5 Å². The van der Waals surface area contributed by atoms with Crippen LogP contribution in [0.4, 0.5) is 4.79 Å². The molecule has 0 aromatic heterocycles. The number of hydrogen-bond donors (Lipinski definition) is 3. The zero-order valence-corrected chi connectivity index (χ0v) is 13.3. The van der Waals surface area contributed by atoms with Crippen LogP contribution in [0.3, 0.4) is 0 Å². The quantitative estimate of drug-likeness (QED) is 0.687. The maximum absolute atomic E-state index is 11.8. The molecular weight excluding hydrogens is 272 g/mol. The van der Waals surface area contributed by atoms with E-state index in [4.69, 9.17) is 0 Å². The molecule has 0 bridgehead atoms. The molecule has 1 rings (SSSR count). The van der Waals surface area contributed by atoms with Gasteiger partial charge in [-0.15, -0.1) is 0 Å². The Balaban J connectivity index is 2.31. The number of urea groups is 1. The molecule has 0 unspecified atom stereocenters. The Labute approximate surface area is 125 Å². The number of amides is 4. The molecule has 0 spiro atoms. The van der Waals surface area contributed by atoms with Gasteiger partial charge >= 0.3 is 6.03 Å². The number of carbonyl (C=O) groups excluding carboxylic acids is 3. The van der Waals surface area contributed by atoms with Crippen molar-refractivity contribution in [2.75, 3.05) is 26.7 Å². The van der Waals surface area contributed by atoms with Crippen LogP contribution in [0.1, 0.15) is 33.6 Å². The number of likely N-dealkylation sites (tertiary alicyclic amines) is 1. The first-order chi connectivity index (χ1) is 9.71. The number of nitrogens with zero attached hydrogens (tertiary/aromatic N) is 1. The van der Waals surface area contributed by atoms with Gasteiger partial charge in [0.1, 0.15) is 0 Å². The largest absolute Gasteiger partial charge is 0.359 e. The van der Waals surface area contributed by atoms with Crippen LogP contribution in [0.2, 0.25) is 0 Å². The molecule has 21 heavy (non-hydrogen) atoms. The minimum atomic E-state index is -0.479. The van der Waals surface area contributed by atoms with Crippen molar-refractivity contribution < 1.29 is 14.4 Å². The molecule has 0 radical (unpaired) electrons. The van der Waals surface area contributed by atoms with Gasteiger partial charge in [0.2, 0.25) is 11.8 Å². The summed E-state index contributed by atoms with van der Waals surface area (Å²) in [4.78, 5) is 36.8. The third kappa shape index (κ3) is 6.57. The van der Waals surface area contributed by atoms with Gasteiger partial charge in [-0.2, -0.15) is 0 Å². The summed E-state index contributed by atoms with van der Waals surface area (Å²) in [6.45, 7) is 7.10. The fourth-order valence-electron chi connectivity index (χ4n) is 2.30. The first-order valence-corrected chi connectivity index (χ1v) is 7.27. The predicted molar refractivity (Wildman–Crippen MR) is 79.7 cm³/mol. The maximum atomic E-state index is 11.8. The maximum Gasteiger partial charge on any atom is 0.321 e. The number of imide groups is 1. The van der Waals surface area contributed by atoms with Crippen molar-refractivity contribution in [2.24, 2.45) is 5.92 Å². The van der Waals surface area contributed by atoms with Crippen LogP contribution in [-0.2, 0) is 9.59 Å². The van der Waals surface area contributed by atoms with Crippen molar-refractivity contribution in [3.05, 3.63) is 0 Å². The van der Waals surface area contributed by atoms with Crippen LogP contribution in [0.5, 0.6) is 0 Å². The lowest BCUT2D eigenvalue weighted by atomic mass is 9.96. The van der Waals surface area contributed by atoms with E-state index in [0.717, 1.165) is 12.8 Å². The van der Waals surface area contributed by atoms with Crippen LogP contribution in [-0.4, -0.2) is 55.0 Å². The Morgan fingerprint density at radius 1 is 1.14 bits per heavy atom. The molecule has 0 saturated carbocycles. The van der Waals surface area contributed by atoms with E-state index in [2.05, 4.69) is 16.0 Å². The molecule has 1 fully saturated rings. The van der Waals surface area contributed by atoms with Crippen molar-refractivity contribution in [1.29, 1.82) is 0 Å². The zero-order chi connectivity index (χ0) is 16.0. The van der Waals surface area contributed by atoms with Gasteiger partial charge in [0.15, 0.2) is 0 Å². The summed E-state index contributed by atoms with van der Waals surface area (Å²) in [7, 11) is 1.63. The molecule has 1 aliphatic rings. The van der Waals surface area contributed by atoms with Gasteiger partial charge < -0.3 is 10.6 Å². The molecule has 3 N–H and O–H groups in total. The summed E-state index contributed by atoms with van der Waals surface area (Å²) in [6, 6.07) is -0.479. The monoisotopic (exact) mass is 298 g/mol. The van der Waals surface area contributed by atoms with Gasteiger partial charge in [-0.1, -0.05) is 0 Å². The van der Waals surface area contributed by atoms with Crippen molar-refractivity contribution >= 4 is 17.8 Å². The average Bonchev–Trinajstić information content (AvgIpc) is 2.36. The Morgan fingerprint density at radius 3 is 2.19 bits per heavy atom. The van der Waals surface area contributed by atoms with Crippen LogP contribution in [0, 0.1) is 5.92 Å². The van der Waals surface area contributed by atoms with Crippen LogP contribution >= 0.6 is 0 Å². The van der Waals surface area contributed by atoms with Crippen molar-refractivity contribution in [3.63, 3.8) is 0 Å². The predicted octanol–water partition coefficient (Wildman–Crippen LogP) is 0.0687. The minimum Gasteiger partial charge on any atom is -0.359 e. The zero-order valence-electron chi connectivity index (χ0n) is 13.3. The summed E-state index contributed by atoms with van der Waals surface area (Å²) >= 11 is 0. The van der Waals surface area contributed by atoms with E-state index in [0.29, 0.717) is 13.1 Å². The number of rotatable bonds is 3. The molecule has 1 saturated heterocycles. The van der Waals surface area contributed by atoms with Gasteiger partial charge in [-0.05, 0) is 46.7 Å². The van der Waals surface area contributed by atoms with Crippen LogP contribution in [0.25, 0.3) is 0 Å². The van der Waals surface area contributed by atoms with Crippen molar-refractivity contribution in [2.45, 2.75) is 39.2 Å². The Kier molecular flexibility index (Phi) is 6.14. The van der Waals surface area contributed by atoms with Gasteiger partial charge in [-0.3, -0.25) is 19.8 Å². The van der Waals surface area contributed by atoms with E-state index in [-0.39, 0.29) is 29.8 Å². The lowest BCUT2D eigenvalue weighted by Gasteiger charge is -2.30. The SMILES string of the molecule is CNC(=O)C1CCN(CC(=O)NC(=O)NC(C)(C)C)CC1.